The third-order valence-corrected chi connectivity index (χ3v) is 2.42. The quantitative estimate of drug-likeness (QED) is 0.556. The molecule has 0 fully saturated rings. The molecule has 19 heavy (non-hydrogen) atoms. The van der Waals surface area contributed by atoms with E-state index in [4.69, 9.17) is 5.73 Å². The fraction of sp³-hybridized carbons (Fsp3) is 0.455. The van der Waals surface area contributed by atoms with E-state index >= 15 is 0 Å². The summed E-state index contributed by atoms with van der Waals surface area (Å²) < 4.78 is 0. The molecule has 3 N–H and O–H groups in total. The molecule has 0 spiro atoms. The van der Waals surface area contributed by atoms with Crippen molar-refractivity contribution in [1.29, 1.82) is 0 Å². The zero-order chi connectivity index (χ0) is 14.4. The number of aromatic nitrogens is 1. The molecule has 0 bridgehead atoms. The van der Waals surface area contributed by atoms with Gasteiger partial charge in [-0.15, -0.1) is 0 Å². The van der Waals surface area contributed by atoms with Gasteiger partial charge in [-0.25, -0.2) is 4.98 Å². The number of hydrogen-bond donors (Lipinski definition) is 2. The van der Waals surface area contributed by atoms with E-state index in [1.165, 1.54) is 12.1 Å². The molecule has 1 aromatic heterocycles. The number of amides is 1. The van der Waals surface area contributed by atoms with E-state index in [0.717, 1.165) is 0 Å². The molecule has 0 atom stereocenters. The van der Waals surface area contributed by atoms with Gasteiger partial charge < -0.3 is 16.0 Å². The largest absolute Gasteiger partial charge is 0.370 e. The average molecular weight is 267 g/mol. The number of likely N-dealkylation sites (N-methyl/N-ethyl adjacent to an activating group) is 1. The highest BCUT2D eigenvalue weighted by molar-refractivity contribution is 5.79. The fourth-order valence-corrected chi connectivity index (χ4v) is 1.58. The molecule has 0 saturated heterocycles. The Bertz CT molecular complexity index is 477. The van der Waals surface area contributed by atoms with Crippen molar-refractivity contribution >= 4 is 23.2 Å². The number of hydrogen-bond acceptors (Lipinski definition) is 6. The first-order valence-electron chi connectivity index (χ1n) is 5.91. The van der Waals surface area contributed by atoms with E-state index < -0.39 is 10.8 Å². The van der Waals surface area contributed by atoms with Gasteiger partial charge in [0, 0.05) is 13.1 Å². The maximum Gasteiger partial charge on any atom is 0.276 e. The molecule has 1 aromatic rings. The molecular weight excluding hydrogens is 250 g/mol. The molecule has 0 aliphatic rings. The Balaban J connectivity index is 3.16. The molecule has 8 heteroatoms. The van der Waals surface area contributed by atoms with Gasteiger partial charge in [0.2, 0.25) is 5.91 Å². The summed E-state index contributed by atoms with van der Waals surface area (Å²) in [5.74, 6) is 0.237. The second-order valence-electron chi connectivity index (χ2n) is 3.84. The first-order valence-corrected chi connectivity index (χ1v) is 5.91. The topological polar surface area (TPSA) is 114 Å². The Kier molecular flexibility index (Phi) is 5.04. The predicted octanol–water partition coefficient (Wildman–Crippen LogP) is 0.733. The second kappa shape index (κ2) is 6.53. The molecule has 0 aliphatic heterocycles. The number of rotatable bonds is 7. The highest BCUT2D eigenvalue weighted by Gasteiger charge is 2.16. The Morgan fingerprint density at radius 1 is 1.53 bits per heavy atom. The minimum absolute atomic E-state index is 0.0315. The fourth-order valence-electron chi connectivity index (χ4n) is 1.58. The van der Waals surface area contributed by atoms with Gasteiger partial charge in [0.1, 0.15) is 11.6 Å². The van der Waals surface area contributed by atoms with Gasteiger partial charge in [0.15, 0.2) is 0 Å². The van der Waals surface area contributed by atoms with Crippen LogP contribution in [0.5, 0.6) is 0 Å². The molecular formula is C11H17N5O3. The van der Waals surface area contributed by atoms with Gasteiger partial charge in [0.25, 0.3) is 5.69 Å². The lowest BCUT2D eigenvalue weighted by Crippen LogP contribution is -2.34. The van der Waals surface area contributed by atoms with Crippen molar-refractivity contribution in [2.24, 2.45) is 5.73 Å². The van der Waals surface area contributed by atoms with E-state index in [-0.39, 0.29) is 12.2 Å². The van der Waals surface area contributed by atoms with E-state index in [1.54, 1.807) is 4.90 Å². The van der Waals surface area contributed by atoms with Gasteiger partial charge >= 0.3 is 0 Å². The van der Waals surface area contributed by atoms with Gasteiger partial charge in [-0.1, -0.05) is 0 Å². The van der Waals surface area contributed by atoms with Crippen LogP contribution in [0, 0.1) is 10.1 Å². The van der Waals surface area contributed by atoms with Gasteiger partial charge in [-0.3, -0.25) is 14.9 Å². The third-order valence-electron chi connectivity index (χ3n) is 2.42. The number of primary amides is 1. The number of carbonyl (C=O) groups excluding carboxylic acids is 1. The molecule has 1 amide bonds. The van der Waals surface area contributed by atoms with Gasteiger partial charge in [-0.2, -0.15) is 0 Å². The summed E-state index contributed by atoms with van der Waals surface area (Å²) in [5, 5.41) is 13.8. The molecule has 0 aliphatic carbocycles. The summed E-state index contributed by atoms with van der Waals surface area (Å²) in [6, 6.07) is 2.68. The number of nitrogens with zero attached hydrogens (tertiary/aromatic N) is 3. The number of pyridine rings is 1. The number of nitro groups is 1. The molecule has 0 radical (unpaired) electrons. The second-order valence-corrected chi connectivity index (χ2v) is 3.84. The zero-order valence-corrected chi connectivity index (χ0v) is 10.9. The normalized spacial score (nSPS) is 10.0. The van der Waals surface area contributed by atoms with Crippen LogP contribution >= 0.6 is 0 Å². The van der Waals surface area contributed by atoms with Crippen LogP contribution in [0.2, 0.25) is 0 Å². The maximum atomic E-state index is 11.0. The summed E-state index contributed by atoms with van der Waals surface area (Å²) in [4.78, 5) is 27.2. The van der Waals surface area contributed by atoms with Crippen LogP contribution in [0.4, 0.5) is 17.3 Å². The van der Waals surface area contributed by atoms with Crippen molar-refractivity contribution in [3.63, 3.8) is 0 Å². The summed E-state index contributed by atoms with van der Waals surface area (Å²) in [5.41, 5.74) is 5.06. The summed E-state index contributed by atoms with van der Waals surface area (Å²) >= 11 is 0. The minimum atomic E-state index is -0.514. The maximum absolute atomic E-state index is 11.0. The summed E-state index contributed by atoms with van der Waals surface area (Å²) in [6.45, 7) is 4.71. The van der Waals surface area contributed by atoms with Crippen LogP contribution in [0.15, 0.2) is 12.1 Å². The Morgan fingerprint density at radius 3 is 2.68 bits per heavy atom. The van der Waals surface area contributed by atoms with E-state index in [1.807, 2.05) is 13.8 Å². The Morgan fingerprint density at radius 2 is 2.21 bits per heavy atom. The molecule has 0 aromatic carbocycles. The van der Waals surface area contributed by atoms with Crippen LogP contribution in [0.3, 0.4) is 0 Å². The predicted molar refractivity (Wildman–Crippen MR) is 72.1 cm³/mol. The van der Waals surface area contributed by atoms with Crippen molar-refractivity contribution in [3.05, 3.63) is 22.2 Å². The minimum Gasteiger partial charge on any atom is -0.370 e. The molecule has 1 rings (SSSR count). The van der Waals surface area contributed by atoms with Crippen LogP contribution in [0.25, 0.3) is 0 Å². The van der Waals surface area contributed by atoms with Crippen molar-refractivity contribution in [1.82, 2.24) is 4.98 Å². The standard InChI is InChI=1S/C11H17N5O3/c1-3-13-10-5-8(16(18)19)6-11(14-10)15(4-2)7-9(12)17/h5-6H,3-4,7H2,1-2H3,(H2,12,17)(H,13,14). The number of nitrogens with two attached hydrogens (primary N) is 1. The Labute approximate surface area is 110 Å². The first kappa shape index (κ1) is 14.7. The van der Waals surface area contributed by atoms with Crippen LogP contribution < -0.4 is 16.0 Å². The van der Waals surface area contributed by atoms with E-state index in [0.29, 0.717) is 24.7 Å². The van der Waals surface area contributed by atoms with Crippen LogP contribution in [-0.4, -0.2) is 35.4 Å². The summed E-state index contributed by atoms with van der Waals surface area (Å²) in [6.07, 6.45) is 0. The van der Waals surface area contributed by atoms with Crippen molar-refractivity contribution in [2.75, 3.05) is 29.9 Å². The van der Waals surface area contributed by atoms with Gasteiger partial charge in [0.05, 0.1) is 23.6 Å². The highest BCUT2D eigenvalue weighted by atomic mass is 16.6. The third kappa shape index (κ3) is 4.09. The lowest BCUT2D eigenvalue weighted by Gasteiger charge is -2.20. The van der Waals surface area contributed by atoms with Crippen molar-refractivity contribution in [3.8, 4) is 0 Å². The number of anilines is 2. The number of carbonyl (C=O) groups is 1. The van der Waals surface area contributed by atoms with E-state index in [9.17, 15) is 14.9 Å². The molecule has 0 unspecified atom stereocenters. The Hall–Kier alpha value is -2.38. The lowest BCUT2D eigenvalue weighted by atomic mass is 10.3. The van der Waals surface area contributed by atoms with Crippen LogP contribution in [-0.2, 0) is 4.79 Å². The lowest BCUT2D eigenvalue weighted by molar-refractivity contribution is -0.384. The van der Waals surface area contributed by atoms with Crippen molar-refractivity contribution < 1.29 is 9.72 Å². The molecule has 0 saturated carbocycles. The molecule has 104 valence electrons. The first-order chi connectivity index (χ1) is 8.97. The number of nitrogens with one attached hydrogen (secondary N) is 1. The van der Waals surface area contributed by atoms with E-state index in [2.05, 4.69) is 10.3 Å². The molecule has 8 nitrogen and oxygen atoms in total. The van der Waals surface area contributed by atoms with Gasteiger partial charge in [-0.05, 0) is 13.8 Å². The molecule has 1 heterocycles. The highest BCUT2D eigenvalue weighted by Crippen LogP contribution is 2.23. The zero-order valence-electron chi connectivity index (χ0n) is 10.9. The SMILES string of the molecule is CCNc1cc([N+](=O)[O-])cc(N(CC)CC(N)=O)n1. The average Bonchev–Trinajstić information content (AvgIpc) is 2.35. The summed E-state index contributed by atoms with van der Waals surface area (Å²) in [7, 11) is 0. The smallest absolute Gasteiger partial charge is 0.276 e. The van der Waals surface area contributed by atoms with Crippen molar-refractivity contribution in [2.45, 2.75) is 13.8 Å². The monoisotopic (exact) mass is 267 g/mol. The van der Waals surface area contributed by atoms with Crippen LogP contribution in [0.1, 0.15) is 13.8 Å².